The third-order valence-electron chi connectivity index (χ3n) is 3.55. The predicted molar refractivity (Wildman–Crippen MR) is 115 cm³/mol. The van der Waals surface area contributed by atoms with Crippen molar-refractivity contribution in [1.29, 1.82) is 0 Å². The fraction of sp³-hybridized carbons (Fsp3) is 0.150. The SMILES string of the molecule is CCC(Sc1cccc(NC(=O)/C=C/C(=O)O)c1)C(=O)Nc1ccccc1Br. The van der Waals surface area contributed by atoms with Crippen LogP contribution in [0.15, 0.2) is 70.1 Å². The maximum absolute atomic E-state index is 12.6. The number of hydrogen-bond acceptors (Lipinski definition) is 4. The van der Waals surface area contributed by atoms with E-state index in [0.29, 0.717) is 17.8 Å². The van der Waals surface area contributed by atoms with Gasteiger partial charge in [-0.3, -0.25) is 9.59 Å². The molecule has 0 saturated heterocycles. The Labute approximate surface area is 175 Å². The highest BCUT2D eigenvalue weighted by molar-refractivity contribution is 9.10. The smallest absolute Gasteiger partial charge is 0.328 e. The van der Waals surface area contributed by atoms with E-state index in [2.05, 4.69) is 26.6 Å². The highest BCUT2D eigenvalue weighted by Crippen LogP contribution is 2.29. The quantitative estimate of drug-likeness (QED) is 0.395. The van der Waals surface area contributed by atoms with Gasteiger partial charge in [-0.25, -0.2) is 4.79 Å². The number of thioether (sulfide) groups is 1. The molecule has 0 aliphatic carbocycles. The molecule has 28 heavy (non-hydrogen) atoms. The number of hydrogen-bond donors (Lipinski definition) is 3. The minimum absolute atomic E-state index is 0.113. The summed E-state index contributed by atoms with van der Waals surface area (Å²) >= 11 is 4.80. The first kappa shape index (κ1) is 21.7. The number of nitrogens with one attached hydrogen (secondary N) is 2. The Morgan fingerprint density at radius 3 is 2.54 bits per heavy atom. The molecule has 0 aliphatic heterocycles. The molecule has 2 aromatic carbocycles. The first-order valence-corrected chi connectivity index (χ1v) is 10.1. The van der Waals surface area contributed by atoms with Crippen molar-refractivity contribution in [1.82, 2.24) is 0 Å². The van der Waals surface area contributed by atoms with Gasteiger partial charge in [-0.2, -0.15) is 0 Å². The minimum atomic E-state index is -1.19. The molecule has 6 nitrogen and oxygen atoms in total. The number of rotatable bonds is 8. The second-order valence-electron chi connectivity index (χ2n) is 5.67. The molecule has 2 rings (SSSR count). The maximum atomic E-state index is 12.6. The van der Waals surface area contributed by atoms with Crippen molar-refractivity contribution in [2.45, 2.75) is 23.5 Å². The molecule has 0 heterocycles. The summed E-state index contributed by atoms with van der Waals surface area (Å²) in [7, 11) is 0. The van der Waals surface area contributed by atoms with E-state index >= 15 is 0 Å². The van der Waals surface area contributed by atoms with Crippen LogP contribution in [0.1, 0.15) is 13.3 Å². The van der Waals surface area contributed by atoms with E-state index in [0.717, 1.165) is 21.5 Å². The number of amides is 2. The van der Waals surface area contributed by atoms with Gasteiger partial charge < -0.3 is 15.7 Å². The molecule has 0 saturated carbocycles. The van der Waals surface area contributed by atoms with Crippen LogP contribution in [0.5, 0.6) is 0 Å². The van der Waals surface area contributed by atoms with E-state index in [1.165, 1.54) is 11.8 Å². The summed E-state index contributed by atoms with van der Waals surface area (Å²) < 4.78 is 0.808. The lowest BCUT2D eigenvalue weighted by Gasteiger charge is -2.16. The standard InChI is InChI=1S/C20H19BrN2O4S/c1-2-17(20(27)23-16-9-4-3-8-15(16)21)28-14-7-5-6-13(12-14)22-18(24)10-11-19(25)26/h3-12,17H,2H2,1H3,(H,22,24)(H,23,27)(H,25,26)/b11-10+. The van der Waals surface area contributed by atoms with Gasteiger partial charge in [-0.15, -0.1) is 11.8 Å². The highest BCUT2D eigenvalue weighted by atomic mass is 79.9. The zero-order valence-corrected chi connectivity index (χ0v) is 17.4. The van der Waals surface area contributed by atoms with E-state index in [1.54, 1.807) is 18.2 Å². The van der Waals surface area contributed by atoms with Gasteiger partial charge in [0.1, 0.15) is 0 Å². The summed E-state index contributed by atoms with van der Waals surface area (Å²) in [5.41, 5.74) is 1.23. The molecule has 0 fully saturated rings. The number of carbonyl (C=O) groups is 3. The van der Waals surface area contributed by atoms with Crippen LogP contribution in [0.25, 0.3) is 0 Å². The molecule has 0 radical (unpaired) electrons. The summed E-state index contributed by atoms with van der Waals surface area (Å²) in [6.07, 6.45) is 2.34. The van der Waals surface area contributed by atoms with E-state index < -0.39 is 11.9 Å². The van der Waals surface area contributed by atoms with Gasteiger partial charge in [-0.05, 0) is 52.7 Å². The van der Waals surface area contributed by atoms with Crippen molar-refractivity contribution in [2.24, 2.45) is 0 Å². The molecule has 2 aromatic rings. The second kappa shape index (κ2) is 10.7. The Hall–Kier alpha value is -2.58. The Bertz CT molecular complexity index is 901. The number of para-hydroxylation sites is 1. The Balaban J connectivity index is 2.04. The van der Waals surface area contributed by atoms with Gasteiger partial charge in [0.25, 0.3) is 0 Å². The normalized spacial score (nSPS) is 11.8. The van der Waals surface area contributed by atoms with Gasteiger partial charge in [0.2, 0.25) is 11.8 Å². The number of aliphatic carboxylic acids is 1. The monoisotopic (exact) mass is 462 g/mol. The van der Waals surface area contributed by atoms with Crippen LogP contribution in [0.4, 0.5) is 11.4 Å². The fourth-order valence-electron chi connectivity index (χ4n) is 2.24. The Kier molecular flexibility index (Phi) is 8.28. The number of anilines is 2. The number of benzene rings is 2. The number of carboxylic acid groups (broad SMARTS) is 1. The molecule has 0 bridgehead atoms. The van der Waals surface area contributed by atoms with E-state index in [4.69, 9.17) is 5.11 Å². The topological polar surface area (TPSA) is 95.5 Å². The molecule has 8 heteroatoms. The van der Waals surface area contributed by atoms with Crippen LogP contribution < -0.4 is 10.6 Å². The Morgan fingerprint density at radius 2 is 1.86 bits per heavy atom. The molecule has 0 aliphatic rings. The van der Waals surface area contributed by atoms with Crippen LogP contribution in [0.2, 0.25) is 0 Å². The lowest BCUT2D eigenvalue weighted by atomic mass is 10.3. The molecular weight excluding hydrogens is 444 g/mol. The van der Waals surface area contributed by atoms with E-state index in [9.17, 15) is 14.4 Å². The highest BCUT2D eigenvalue weighted by Gasteiger charge is 2.19. The predicted octanol–water partition coefficient (Wildman–Crippen LogP) is 4.54. The molecule has 3 N–H and O–H groups in total. The fourth-order valence-corrected chi connectivity index (χ4v) is 3.64. The number of halogens is 1. The molecule has 0 aromatic heterocycles. The lowest BCUT2D eigenvalue weighted by Crippen LogP contribution is -2.24. The zero-order chi connectivity index (χ0) is 20.5. The van der Waals surface area contributed by atoms with Crippen LogP contribution >= 0.6 is 27.7 Å². The van der Waals surface area contributed by atoms with Crippen molar-refractivity contribution < 1.29 is 19.5 Å². The molecule has 1 unspecified atom stereocenters. The Morgan fingerprint density at radius 1 is 1.11 bits per heavy atom. The maximum Gasteiger partial charge on any atom is 0.328 e. The molecule has 0 spiro atoms. The summed E-state index contributed by atoms with van der Waals surface area (Å²) in [6, 6.07) is 14.4. The largest absolute Gasteiger partial charge is 0.478 e. The van der Waals surface area contributed by atoms with Crippen molar-refractivity contribution in [3.8, 4) is 0 Å². The summed E-state index contributed by atoms with van der Waals surface area (Å²) in [5, 5.41) is 13.8. The lowest BCUT2D eigenvalue weighted by molar-refractivity contribution is -0.131. The van der Waals surface area contributed by atoms with Gasteiger partial charge >= 0.3 is 5.97 Å². The summed E-state index contributed by atoms with van der Waals surface area (Å²) in [6.45, 7) is 1.93. The van der Waals surface area contributed by atoms with E-state index in [-0.39, 0.29) is 11.2 Å². The minimum Gasteiger partial charge on any atom is -0.478 e. The molecule has 2 amide bonds. The molecular formula is C20H19BrN2O4S. The van der Waals surface area contributed by atoms with Crippen LogP contribution in [0, 0.1) is 0 Å². The second-order valence-corrected chi connectivity index (χ2v) is 7.80. The first-order chi connectivity index (χ1) is 13.4. The number of carboxylic acids is 1. The summed E-state index contributed by atoms with van der Waals surface area (Å²) in [4.78, 5) is 35.6. The van der Waals surface area contributed by atoms with Crippen LogP contribution in [0.3, 0.4) is 0 Å². The summed E-state index contributed by atoms with van der Waals surface area (Å²) in [5.74, 6) is -1.84. The van der Waals surface area contributed by atoms with Crippen molar-refractivity contribution in [3.05, 3.63) is 65.2 Å². The van der Waals surface area contributed by atoms with Gasteiger partial charge in [-0.1, -0.05) is 25.1 Å². The third kappa shape index (κ3) is 6.86. The van der Waals surface area contributed by atoms with Gasteiger partial charge in [0.05, 0.1) is 10.9 Å². The average Bonchev–Trinajstić information content (AvgIpc) is 2.66. The van der Waals surface area contributed by atoms with Crippen LogP contribution in [-0.4, -0.2) is 28.1 Å². The average molecular weight is 463 g/mol. The van der Waals surface area contributed by atoms with Crippen LogP contribution in [-0.2, 0) is 14.4 Å². The van der Waals surface area contributed by atoms with Crippen molar-refractivity contribution in [3.63, 3.8) is 0 Å². The van der Waals surface area contributed by atoms with E-state index in [1.807, 2.05) is 37.3 Å². The van der Waals surface area contributed by atoms with Gasteiger partial charge in [0, 0.05) is 27.2 Å². The first-order valence-electron chi connectivity index (χ1n) is 8.43. The van der Waals surface area contributed by atoms with Crippen molar-refractivity contribution in [2.75, 3.05) is 10.6 Å². The molecule has 146 valence electrons. The van der Waals surface area contributed by atoms with Gasteiger partial charge in [0.15, 0.2) is 0 Å². The molecule has 1 atom stereocenters. The zero-order valence-electron chi connectivity index (χ0n) is 15.0. The van der Waals surface area contributed by atoms with Crippen molar-refractivity contribution >= 4 is 56.9 Å². The third-order valence-corrected chi connectivity index (χ3v) is 5.60. The number of carbonyl (C=O) groups excluding carboxylic acids is 2.